The second kappa shape index (κ2) is 8.55. The van der Waals surface area contributed by atoms with E-state index < -0.39 is 17.7 Å². The van der Waals surface area contributed by atoms with Crippen LogP contribution in [0.25, 0.3) is 17.1 Å². The third-order valence-corrected chi connectivity index (χ3v) is 5.06. The summed E-state index contributed by atoms with van der Waals surface area (Å²) in [5, 5.41) is 0.841. The predicted molar refractivity (Wildman–Crippen MR) is 118 cm³/mol. The average Bonchev–Trinajstić information content (AvgIpc) is 3.30. The molecule has 1 unspecified atom stereocenters. The van der Waals surface area contributed by atoms with Gasteiger partial charge < -0.3 is 14.5 Å². The van der Waals surface area contributed by atoms with Crippen molar-refractivity contribution in [1.82, 2.24) is 9.97 Å². The predicted octanol–water partition coefficient (Wildman–Crippen LogP) is 4.54. The molecule has 0 radical (unpaired) electrons. The SMILES string of the molecule is CCOC(=O)C1C(=O)/C(=C/c2c[nH]c3ncccc23)OC1=Nc1ccc(C(C)C)cc1. The summed E-state index contributed by atoms with van der Waals surface area (Å²) in [4.78, 5) is 37.3. The van der Waals surface area contributed by atoms with Gasteiger partial charge >= 0.3 is 5.97 Å². The van der Waals surface area contributed by atoms with Crippen LogP contribution in [0.5, 0.6) is 0 Å². The van der Waals surface area contributed by atoms with E-state index in [1.165, 1.54) is 5.56 Å². The minimum absolute atomic E-state index is 0.0185. The Morgan fingerprint density at radius 3 is 2.77 bits per heavy atom. The van der Waals surface area contributed by atoms with E-state index in [4.69, 9.17) is 9.47 Å². The van der Waals surface area contributed by atoms with Gasteiger partial charge in [-0.1, -0.05) is 26.0 Å². The smallest absolute Gasteiger partial charge is 0.326 e. The number of nitrogens with zero attached hydrogens (tertiary/aromatic N) is 2. The quantitative estimate of drug-likeness (QED) is 0.374. The summed E-state index contributed by atoms with van der Waals surface area (Å²) >= 11 is 0. The monoisotopic (exact) mass is 417 g/mol. The maximum atomic E-state index is 13.0. The Bertz CT molecular complexity index is 1190. The number of aliphatic imine (C=N–C) groups is 1. The van der Waals surface area contributed by atoms with Crippen molar-refractivity contribution in [3.05, 3.63) is 65.7 Å². The summed E-state index contributed by atoms with van der Waals surface area (Å²) in [6.07, 6.45) is 5.01. The zero-order valence-electron chi connectivity index (χ0n) is 17.6. The molecule has 0 saturated carbocycles. The van der Waals surface area contributed by atoms with Crippen molar-refractivity contribution in [1.29, 1.82) is 0 Å². The highest BCUT2D eigenvalue weighted by atomic mass is 16.5. The Morgan fingerprint density at radius 2 is 2.06 bits per heavy atom. The number of pyridine rings is 1. The van der Waals surface area contributed by atoms with Gasteiger partial charge in [0.05, 0.1) is 12.3 Å². The number of rotatable bonds is 5. The second-order valence-corrected chi connectivity index (χ2v) is 7.50. The van der Waals surface area contributed by atoms with E-state index in [2.05, 4.69) is 28.8 Å². The Balaban J connectivity index is 1.71. The molecule has 2 aromatic heterocycles. The molecule has 0 amide bonds. The van der Waals surface area contributed by atoms with Crippen molar-refractivity contribution < 1.29 is 19.1 Å². The molecule has 0 bridgehead atoms. The molecule has 0 aliphatic carbocycles. The van der Waals surface area contributed by atoms with Gasteiger partial charge in [-0.2, -0.15) is 0 Å². The molecular weight excluding hydrogens is 394 g/mol. The van der Waals surface area contributed by atoms with E-state index >= 15 is 0 Å². The Hall–Kier alpha value is -3.74. The summed E-state index contributed by atoms with van der Waals surface area (Å²) in [6.45, 7) is 6.06. The zero-order chi connectivity index (χ0) is 22.0. The molecule has 3 heterocycles. The van der Waals surface area contributed by atoms with E-state index in [1.807, 2.05) is 36.4 Å². The maximum absolute atomic E-state index is 13.0. The molecule has 1 fully saturated rings. The number of hydrogen-bond acceptors (Lipinski definition) is 6. The van der Waals surface area contributed by atoms with Crippen molar-refractivity contribution in [2.24, 2.45) is 10.9 Å². The van der Waals surface area contributed by atoms with Crippen molar-refractivity contribution in [3.8, 4) is 0 Å². The first-order valence-electron chi connectivity index (χ1n) is 10.2. The minimum Gasteiger partial charge on any atom is -0.465 e. The van der Waals surface area contributed by atoms with E-state index in [9.17, 15) is 9.59 Å². The van der Waals surface area contributed by atoms with Crippen LogP contribution in [0, 0.1) is 5.92 Å². The number of aromatic amines is 1. The molecule has 1 atom stereocenters. The molecule has 7 nitrogen and oxygen atoms in total. The number of allylic oxidation sites excluding steroid dienone is 1. The zero-order valence-corrected chi connectivity index (χ0v) is 17.6. The summed E-state index contributed by atoms with van der Waals surface area (Å²) in [5.41, 5.74) is 3.19. The number of Topliss-reactive ketones (excluding diaryl/α,β-unsaturated/α-hetero) is 1. The van der Waals surface area contributed by atoms with Crippen LogP contribution in [-0.4, -0.2) is 34.2 Å². The first-order valence-corrected chi connectivity index (χ1v) is 10.2. The third kappa shape index (κ3) is 4.12. The number of ether oxygens (including phenoxy) is 2. The number of hydrogen-bond donors (Lipinski definition) is 1. The summed E-state index contributed by atoms with van der Waals surface area (Å²) in [5.74, 6) is -1.92. The Kier molecular flexibility index (Phi) is 5.66. The van der Waals surface area contributed by atoms with Crippen molar-refractivity contribution >= 4 is 40.4 Å². The summed E-state index contributed by atoms with van der Waals surface area (Å²) in [7, 11) is 0. The molecule has 1 aliphatic rings. The second-order valence-electron chi connectivity index (χ2n) is 7.50. The highest BCUT2D eigenvalue weighted by Gasteiger charge is 2.44. The van der Waals surface area contributed by atoms with Crippen LogP contribution in [0.3, 0.4) is 0 Å². The largest absolute Gasteiger partial charge is 0.465 e. The van der Waals surface area contributed by atoms with Gasteiger partial charge in [-0.15, -0.1) is 0 Å². The standard InChI is InChI=1S/C24H23N3O4/c1-4-30-24(29)20-21(28)19(12-16-13-26-22-18(16)6-5-11-25-22)31-23(20)27-17-9-7-15(8-10-17)14(2)3/h5-14,20H,4H2,1-3H3,(H,25,26)/b19-12-,27-23?. The molecule has 1 N–H and O–H groups in total. The fourth-order valence-corrected chi connectivity index (χ4v) is 3.40. The lowest BCUT2D eigenvalue weighted by Gasteiger charge is -2.07. The third-order valence-electron chi connectivity index (χ3n) is 5.06. The molecule has 4 rings (SSSR count). The fraction of sp³-hybridized carbons (Fsp3) is 0.250. The van der Waals surface area contributed by atoms with Crippen molar-refractivity contribution in [2.75, 3.05) is 6.61 Å². The number of fused-ring (bicyclic) bond motifs is 1. The van der Waals surface area contributed by atoms with Gasteiger partial charge in [0, 0.05) is 23.3 Å². The summed E-state index contributed by atoms with van der Waals surface area (Å²) in [6, 6.07) is 11.3. The molecule has 1 aromatic carbocycles. The first kappa shape index (κ1) is 20.5. The van der Waals surface area contributed by atoms with Gasteiger partial charge in [0.1, 0.15) is 5.65 Å². The number of carbonyl (C=O) groups excluding carboxylic acids is 2. The number of esters is 1. The first-order chi connectivity index (χ1) is 15.0. The van der Waals surface area contributed by atoms with E-state index in [0.717, 1.165) is 10.9 Å². The molecule has 158 valence electrons. The van der Waals surface area contributed by atoms with Crippen LogP contribution in [-0.2, 0) is 19.1 Å². The normalized spacial score (nSPS) is 18.8. The Morgan fingerprint density at radius 1 is 1.29 bits per heavy atom. The van der Waals surface area contributed by atoms with Crippen LogP contribution in [0.2, 0.25) is 0 Å². The number of nitrogens with one attached hydrogen (secondary N) is 1. The van der Waals surface area contributed by atoms with Gasteiger partial charge in [0.25, 0.3) is 0 Å². The lowest BCUT2D eigenvalue weighted by Crippen LogP contribution is -2.27. The number of ketones is 1. The van der Waals surface area contributed by atoms with Crippen LogP contribution in [0.1, 0.15) is 37.8 Å². The van der Waals surface area contributed by atoms with Crippen molar-refractivity contribution in [3.63, 3.8) is 0 Å². The minimum atomic E-state index is -1.22. The van der Waals surface area contributed by atoms with Gasteiger partial charge in [-0.05, 0) is 48.7 Å². The van der Waals surface area contributed by atoms with E-state index in [0.29, 0.717) is 17.3 Å². The van der Waals surface area contributed by atoms with E-state index in [1.54, 1.807) is 25.4 Å². The molecule has 1 aliphatic heterocycles. The van der Waals surface area contributed by atoms with Crippen LogP contribution in [0.15, 0.2) is 59.5 Å². The van der Waals surface area contributed by atoms with E-state index in [-0.39, 0.29) is 18.3 Å². The topological polar surface area (TPSA) is 93.6 Å². The van der Waals surface area contributed by atoms with Crippen LogP contribution < -0.4 is 0 Å². The Labute approximate surface area is 179 Å². The van der Waals surface area contributed by atoms with Gasteiger partial charge in [-0.3, -0.25) is 9.59 Å². The van der Waals surface area contributed by atoms with Crippen LogP contribution >= 0.6 is 0 Å². The molecule has 31 heavy (non-hydrogen) atoms. The molecule has 3 aromatic rings. The number of benzene rings is 1. The molecule has 7 heteroatoms. The fourth-order valence-electron chi connectivity index (χ4n) is 3.40. The number of carbonyl (C=O) groups is 2. The average molecular weight is 417 g/mol. The molecular formula is C24H23N3O4. The van der Waals surface area contributed by atoms with Crippen LogP contribution in [0.4, 0.5) is 5.69 Å². The highest BCUT2D eigenvalue weighted by molar-refractivity contribution is 6.27. The van der Waals surface area contributed by atoms with Gasteiger partial charge in [0.2, 0.25) is 11.7 Å². The summed E-state index contributed by atoms with van der Waals surface area (Å²) < 4.78 is 10.9. The lowest BCUT2D eigenvalue weighted by molar-refractivity contribution is -0.147. The highest BCUT2D eigenvalue weighted by Crippen LogP contribution is 2.29. The molecule has 1 saturated heterocycles. The lowest BCUT2D eigenvalue weighted by atomic mass is 10.0. The maximum Gasteiger partial charge on any atom is 0.326 e. The van der Waals surface area contributed by atoms with Gasteiger partial charge in [0.15, 0.2) is 11.7 Å². The molecule has 0 spiro atoms. The van der Waals surface area contributed by atoms with Crippen molar-refractivity contribution in [2.45, 2.75) is 26.7 Å². The number of H-pyrrole nitrogens is 1. The number of aromatic nitrogens is 2. The van der Waals surface area contributed by atoms with Gasteiger partial charge in [-0.25, -0.2) is 9.98 Å².